The SMILES string of the molecule is COCCNC(=O)CSc1ccc(S(=O)(=O)N2CCCCCC2)cn1. The van der Waals surface area contributed by atoms with Crippen LogP contribution in [-0.4, -0.2) is 62.7 Å². The van der Waals surface area contributed by atoms with E-state index in [1.54, 1.807) is 23.5 Å². The Bertz CT molecular complexity index is 642. The molecular weight excluding hydrogens is 362 g/mol. The number of amides is 1. The molecule has 140 valence electrons. The van der Waals surface area contributed by atoms with Gasteiger partial charge in [0, 0.05) is 32.9 Å². The van der Waals surface area contributed by atoms with Crippen LogP contribution >= 0.6 is 11.8 Å². The maximum atomic E-state index is 12.7. The predicted octanol–water partition coefficient (Wildman–Crippen LogP) is 1.50. The second-order valence-electron chi connectivity index (χ2n) is 5.78. The largest absolute Gasteiger partial charge is 0.383 e. The fourth-order valence-corrected chi connectivity index (χ4v) is 4.65. The summed E-state index contributed by atoms with van der Waals surface area (Å²) in [5.74, 6) is 0.125. The monoisotopic (exact) mass is 387 g/mol. The number of carbonyl (C=O) groups is 1. The zero-order valence-corrected chi connectivity index (χ0v) is 16.1. The van der Waals surface area contributed by atoms with Crippen molar-refractivity contribution in [3.63, 3.8) is 0 Å². The van der Waals surface area contributed by atoms with Gasteiger partial charge in [-0.25, -0.2) is 13.4 Å². The van der Waals surface area contributed by atoms with Crippen molar-refractivity contribution in [2.45, 2.75) is 35.6 Å². The molecule has 2 rings (SSSR count). The normalized spacial score (nSPS) is 16.4. The molecule has 0 aliphatic carbocycles. The first kappa shape index (κ1) is 20.2. The van der Waals surface area contributed by atoms with Crippen LogP contribution in [0.1, 0.15) is 25.7 Å². The summed E-state index contributed by atoms with van der Waals surface area (Å²) in [4.78, 5) is 16.0. The van der Waals surface area contributed by atoms with E-state index in [1.807, 2.05) is 0 Å². The Kier molecular flexibility index (Phi) is 8.14. The lowest BCUT2D eigenvalue weighted by Gasteiger charge is -2.19. The smallest absolute Gasteiger partial charge is 0.244 e. The lowest BCUT2D eigenvalue weighted by atomic mass is 10.2. The third-order valence-corrected chi connectivity index (χ3v) is 6.72. The molecule has 7 nitrogen and oxygen atoms in total. The van der Waals surface area contributed by atoms with Gasteiger partial charge in [-0.3, -0.25) is 4.79 Å². The van der Waals surface area contributed by atoms with Gasteiger partial charge in [-0.1, -0.05) is 24.6 Å². The molecule has 0 radical (unpaired) electrons. The fourth-order valence-electron chi connectivity index (χ4n) is 2.52. The van der Waals surface area contributed by atoms with Crippen molar-refractivity contribution in [2.75, 3.05) is 39.1 Å². The topological polar surface area (TPSA) is 88.6 Å². The molecule has 0 unspecified atom stereocenters. The number of hydrogen-bond acceptors (Lipinski definition) is 6. The molecule has 1 fully saturated rings. The Hall–Kier alpha value is -1.16. The number of nitrogens with one attached hydrogen (secondary N) is 1. The minimum atomic E-state index is -3.48. The van der Waals surface area contributed by atoms with E-state index in [9.17, 15) is 13.2 Å². The standard InChI is InChI=1S/C16H25N3O4S2/c1-23-11-8-17-15(20)13-24-16-7-6-14(12-18-16)25(21,22)19-9-4-2-3-5-10-19/h6-7,12H,2-5,8-11,13H2,1H3,(H,17,20). The maximum Gasteiger partial charge on any atom is 0.244 e. The number of sulfonamides is 1. The molecule has 1 amide bonds. The lowest BCUT2D eigenvalue weighted by molar-refractivity contribution is -0.118. The van der Waals surface area contributed by atoms with Crippen molar-refractivity contribution in [1.29, 1.82) is 0 Å². The number of methoxy groups -OCH3 is 1. The Morgan fingerprint density at radius 3 is 2.60 bits per heavy atom. The molecule has 0 atom stereocenters. The molecule has 0 spiro atoms. The summed E-state index contributed by atoms with van der Waals surface area (Å²) in [6.45, 7) is 2.08. The molecule has 2 heterocycles. The molecule has 0 aromatic carbocycles. The summed E-state index contributed by atoms with van der Waals surface area (Å²) in [6, 6.07) is 3.22. The van der Waals surface area contributed by atoms with Crippen molar-refractivity contribution in [1.82, 2.24) is 14.6 Å². The summed E-state index contributed by atoms with van der Waals surface area (Å²) < 4.78 is 31.7. The summed E-state index contributed by atoms with van der Waals surface area (Å²) in [5.41, 5.74) is 0. The quantitative estimate of drug-likeness (QED) is 0.537. The Labute approximate surface area is 153 Å². The average molecular weight is 388 g/mol. The first-order valence-electron chi connectivity index (χ1n) is 8.38. The van der Waals surface area contributed by atoms with Gasteiger partial charge < -0.3 is 10.1 Å². The summed E-state index contributed by atoms with van der Waals surface area (Å²) >= 11 is 1.27. The van der Waals surface area contributed by atoms with Gasteiger partial charge in [0.25, 0.3) is 0 Å². The number of thioether (sulfide) groups is 1. The fraction of sp³-hybridized carbons (Fsp3) is 0.625. The third-order valence-electron chi connectivity index (χ3n) is 3.89. The van der Waals surface area contributed by atoms with Crippen LogP contribution in [0.2, 0.25) is 0 Å². The Morgan fingerprint density at radius 2 is 2.00 bits per heavy atom. The molecular formula is C16H25N3O4S2. The Morgan fingerprint density at radius 1 is 1.28 bits per heavy atom. The van der Waals surface area contributed by atoms with E-state index in [-0.39, 0.29) is 16.6 Å². The van der Waals surface area contributed by atoms with Crippen molar-refractivity contribution in [3.8, 4) is 0 Å². The molecule has 9 heteroatoms. The first-order valence-corrected chi connectivity index (χ1v) is 10.8. The minimum absolute atomic E-state index is 0.106. The average Bonchev–Trinajstić information content (AvgIpc) is 2.90. The van der Waals surface area contributed by atoms with Crippen LogP contribution in [0, 0.1) is 0 Å². The summed E-state index contributed by atoms with van der Waals surface area (Å²) in [5, 5.41) is 3.35. The predicted molar refractivity (Wildman–Crippen MR) is 97.1 cm³/mol. The molecule has 1 saturated heterocycles. The van der Waals surface area contributed by atoms with Gasteiger partial charge in [-0.05, 0) is 25.0 Å². The molecule has 1 aromatic rings. The highest BCUT2D eigenvalue weighted by Crippen LogP contribution is 2.22. The highest BCUT2D eigenvalue weighted by atomic mass is 32.2. The molecule has 0 bridgehead atoms. The number of rotatable bonds is 8. The summed E-state index contributed by atoms with van der Waals surface area (Å²) in [7, 11) is -1.90. The first-order chi connectivity index (χ1) is 12.0. The number of aromatic nitrogens is 1. The molecule has 1 aliphatic heterocycles. The van der Waals surface area contributed by atoms with Crippen LogP contribution in [0.5, 0.6) is 0 Å². The highest BCUT2D eigenvalue weighted by Gasteiger charge is 2.25. The summed E-state index contributed by atoms with van der Waals surface area (Å²) in [6.07, 6.45) is 5.33. The van der Waals surface area contributed by atoms with Gasteiger partial charge in [-0.2, -0.15) is 4.31 Å². The zero-order chi connectivity index (χ0) is 18.1. The van der Waals surface area contributed by atoms with Gasteiger partial charge in [0.05, 0.1) is 17.4 Å². The van der Waals surface area contributed by atoms with E-state index >= 15 is 0 Å². The van der Waals surface area contributed by atoms with Crippen LogP contribution < -0.4 is 5.32 Å². The van der Waals surface area contributed by atoms with Gasteiger partial charge in [-0.15, -0.1) is 0 Å². The van der Waals surface area contributed by atoms with Crippen LogP contribution in [0.15, 0.2) is 28.3 Å². The van der Waals surface area contributed by atoms with Crippen molar-refractivity contribution >= 4 is 27.7 Å². The van der Waals surface area contributed by atoms with Crippen LogP contribution in [0.3, 0.4) is 0 Å². The van der Waals surface area contributed by atoms with E-state index < -0.39 is 10.0 Å². The van der Waals surface area contributed by atoms with E-state index in [2.05, 4.69) is 10.3 Å². The van der Waals surface area contributed by atoms with Crippen LogP contribution in [-0.2, 0) is 19.6 Å². The van der Waals surface area contributed by atoms with Gasteiger partial charge >= 0.3 is 0 Å². The number of carbonyl (C=O) groups excluding carboxylic acids is 1. The van der Waals surface area contributed by atoms with Crippen molar-refractivity contribution in [2.24, 2.45) is 0 Å². The van der Waals surface area contributed by atoms with E-state index in [4.69, 9.17) is 4.74 Å². The molecule has 0 saturated carbocycles. The minimum Gasteiger partial charge on any atom is -0.383 e. The van der Waals surface area contributed by atoms with Crippen LogP contribution in [0.25, 0.3) is 0 Å². The number of ether oxygens (including phenoxy) is 1. The van der Waals surface area contributed by atoms with Gasteiger partial charge in [0.2, 0.25) is 15.9 Å². The number of nitrogens with zero attached hydrogens (tertiary/aromatic N) is 2. The maximum absolute atomic E-state index is 12.7. The van der Waals surface area contributed by atoms with Crippen molar-refractivity contribution < 1.29 is 17.9 Å². The van der Waals surface area contributed by atoms with Gasteiger partial charge in [0.15, 0.2) is 0 Å². The zero-order valence-electron chi connectivity index (χ0n) is 14.4. The second kappa shape index (κ2) is 10.1. The van der Waals surface area contributed by atoms with E-state index in [0.29, 0.717) is 31.3 Å². The second-order valence-corrected chi connectivity index (χ2v) is 8.72. The lowest BCUT2D eigenvalue weighted by Crippen LogP contribution is -2.32. The van der Waals surface area contributed by atoms with E-state index in [0.717, 1.165) is 25.7 Å². The van der Waals surface area contributed by atoms with Crippen molar-refractivity contribution in [3.05, 3.63) is 18.3 Å². The van der Waals surface area contributed by atoms with Crippen LogP contribution in [0.4, 0.5) is 0 Å². The van der Waals surface area contributed by atoms with Gasteiger partial charge in [0.1, 0.15) is 4.90 Å². The molecule has 1 aromatic heterocycles. The number of pyridine rings is 1. The third kappa shape index (κ3) is 6.25. The van der Waals surface area contributed by atoms with E-state index in [1.165, 1.54) is 18.0 Å². The Balaban J connectivity index is 1.91. The molecule has 1 N–H and O–H groups in total. The number of hydrogen-bond donors (Lipinski definition) is 1. The molecule has 1 aliphatic rings. The molecule has 25 heavy (non-hydrogen) atoms. The highest BCUT2D eigenvalue weighted by molar-refractivity contribution is 7.99.